The fraction of sp³-hybridized carbons (Fsp3) is 0.760. The van der Waals surface area contributed by atoms with E-state index in [-0.39, 0.29) is 24.8 Å². The van der Waals surface area contributed by atoms with Gasteiger partial charge in [0.2, 0.25) is 17.7 Å². The second-order valence-electron chi connectivity index (χ2n) is 11.3. The van der Waals surface area contributed by atoms with Gasteiger partial charge in [0.15, 0.2) is 0 Å². The van der Waals surface area contributed by atoms with Crippen LogP contribution < -0.4 is 15.8 Å². The lowest BCUT2D eigenvalue weighted by molar-refractivity contribution is -0.139. The molecule has 1 saturated heterocycles. The number of unbranched alkanes of at least 4 members (excludes halogenated alkanes) is 3. The first-order chi connectivity index (χ1) is 18.0. The van der Waals surface area contributed by atoms with E-state index < -0.39 is 57.8 Å². The van der Waals surface area contributed by atoms with Crippen LogP contribution in [0.2, 0.25) is 0 Å². The lowest BCUT2D eigenvalue weighted by Gasteiger charge is -2.28. The van der Waals surface area contributed by atoms with Crippen molar-refractivity contribution in [2.75, 3.05) is 20.6 Å². The van der Waals surface area contributed by atoms with Gasteiger partial charge in [-0.15, -0.1) is 0 Å². The number of nitrogens with two attached hydrogens (primary N) is 1. The fourth-order valence-corrected chi connectivity index (χ4v) is 4.90. The topological polar surface area (TPSA) is 188 Å². The van der Waals surface area contributed by atoms with E-state index in [0.717, 1.165) is 23.6 Å². The summed E-state index contributed by atoms with van der Waals surface area (Å²) in [7, 11) is -1.10. The zero-order valence-electron chi connectivity index (χ0n) is 23.4. The highest BCUT2D eigenvalue weighted by Gasteiger charge is 2.43. The molecule has 0 bridgehead atoms. The summed E-state index contributed by atoms with van der Waals surface area (Å²) in [6.45, 7) is 5.08. The highest BCUT2D eigenvalue weighted by molar-refractivity contribution is 7.87. The molecule has 0 radical (unpaired) electrons. The van der Waals surface area contributed by atoms with Crippen molar-refractivity contribution in [2.45, 2.75) is 89.5 Å². The Balaban J connectivity index is 1.83. The lowest BCUT2D eigenvalue weighted by atomic mass is 10.0. The Morgan fingerprint density at radius 3 is 2.41 bits per heavy atom. The highest BCUT2D eigenvalue weighted by atomic mass is 32.2. The number of nitrogens with one attached hydrogen (secondary N) is 2. The summed E-state index contributed by atoms with van der Waals surface area (Å²) in [6, 6.07) is -1.87. The van der Waals surface area contributed by atoms with Crippen LogP contribution in [0.1, 0.15) is 65.7 Å². The quantitative estimate of drug-likeness (QED) is 0.180. The predicted octanol–water partition coefficient (Wildman–Crippen LogP) is 0.392. The molecule has 0 spiro atoms. The number of β-amino-alcohol motifs (C(OH)–C–C–N with tert-alkyl or cyclic N) is 1. The van der Waals surface area contributed by atoms with E-state index in [1.54, 1.807) is 20.8 Å². The van der Waals surface area contributed by atoms with Crippen molar-refractivity contribution < 1.29 is 37.4 Å². The largest absolute Gasteiger partial charge is 0.444 e. The number of alkyl carbamates (subject to hydrolysis) is 1. The molecule has 39 heavy (non-hydrogen) atoms. The average molecular weight is 574 g/mol. The van der Waals surface area contributed by atoms with E-state index in [1.807, 2.05) is 12.2 Å². The van der Waals surface area contributed by atoms with E-state index in [9.17, 15) is 32.7 Å². The van der Waals surface area contributed by atoms with Gasteiger partial charge in [0.05, 0.1) is 6.10 Å². The summed E-state index contributed by atoms with van der Waals surface area (Å²) in [5, 5.41) is 12.6. The third-order valence-corrected chi connectivity index (χ3v) is 7.93. The van der Waals surface area contributed by atoms with Gasteiger partial charge in [-0.2, -0.15) is 12.7 Å². The summed E-state index contributed by atoms with van der Waals surface area (Å²) in [4.78, 5) is 50.7. The summed E-state index contributed by atoms with van der Waals surface area (Å²) >= 11 is 0. The van der Waals surface area contributed by atoms with Crippen molar-refractivity contribution in [3.8, 4) is 0 Å². The van der Waals surface area contributed by atoms with Crippen LogP contribution in [0.3, 0.4) is 0 Å². The van der Waals surface area contributed by atoms with Crippen LogP contribution in [0.4, 0.5) is 4.79 Å². The van der Waals surface area contributed by atoms with Crippen LogP contribution in [-0.4, -0.2) is 91.0 Å². The molecule has 0 aromatic heterocycles. The molecule has 0 aromatic rings. The molecule has 5 N–H and O–H groups in total. The predicted molar refractivity (Wildman–Crippen MR) is 143 cm³/mol. The number of nitrogens with zero attached hydrogens (tertiary/aromatic N) is 2. The van der Waals surface area contributed by atoms with Gasteiger partial charge in [0.1, 0.15) is 17.7 Å². The summed E-state index contributed by atoms with van der Waals surface area (Å²) < 4.78 is 31.9. The summed E-state index contributed by atoms with van der Waals surface area (Å²) in [5.41, 5.74) is 4.66. The van der Waals surface area contributed by atoms with E-state index >= 15 is 0 Å². The standard InChI is InChI=1S/C25H43N5O8S/c1-25(2,3)38-24(35)27-19(23(34)30-15-17(31)14-20(30)21(26)32)12-10-8-6-7-9-11-16-13-18(16)22(33)28-39(36,37)29(4)5/h9,11,16-20,31H,6-8,10,12-15H2,1-5H3,(H2,26,32)(H,27,35)(H,28,33)/b11-9-/t16-,17-,18+,19+,20+/m1/s1. The minimum absolute atomic E-state index is 0.0106. The molecular formula is C25H43N5O8S. The maximum Gasteiger partial charge on any atom is 0.408 e. The van der Waals surface area contributed by atoms with Crippen LogP contribution in [0, 0.1) is 11.8 Å². The number of carbonyl (C=O) groups excluding carboxylic acids is 4. The van der Waals surface area contributed by atoms with Gasteiger partial charge in [-0.05, 0) is 52.4 Å². The van der Waals surface area contributed by atoms with Crippen molar-refractivity contribution in [3.05, 3.63) is 12.2 Å². The number of aliphatic hydroxyl groups excluding tert-OH is 1. The van der Waals surface area contributed by atoms with E-state index in [4.69, 9.17) is 10.5 Å². The number of amides is 4. The van der Waals surface area contributed by atoms with Gasteiger partial charge in [0, 0.05) is 33.0 Å². The maximum absolute atomic E-state index is 13.2. The Labute approximate surface area is 230 Å². The average Bonchev–Trinajstić information content (AvgIpc) is 3.47. The molecule has 1 aliphatic carbocycles. The number of likely N-dealkylation sites (tertiary alicyclic amines) is 1. The molecule has 1 heterocycles. The molecular weight excluding hydrogens is 530 g/mol. The van der Waals surface area contributed by atoms with Crippen LogP contribution >= 0.6 is 0 Å². The van der Waals surface area contributed by atoms with Gasteiger partial charge in [-0.1, -0.05) is 25.0 Å². The van der Waals surface area contributed by atoms with Crippen molar-refractivity contribution in [2.24, 2.45) is 17.6 Å². The first kappa shape index (κ1) is 32.5. The molecule has 1 aliphatic heterocycles. The van der Waals surface area contributed by atoms with E-state index in [1.165, 1.54) is 19.0 Å². The van der Waals surface area contributed by atoms with Gasteiger partial charge >= 0.3 is 16.3 Å². The molecule has 1 saturated carbocycles. The normalized spacial score (nSPS) is 24.0. The molecule has 5 atom stereocenters. The van der Waals surface area contributed by atoms with Crippen LogP contribution in [0.25, 0.3) is 0 Å². The number of hydrogen-bond donors (Lipinski definition) is 4. The molecule has 222 valence electrons. The summed E-state index contributed by atoms with van der Waals surface area (Å²) in [6.07, 6.45) is 6.13. The molecule has 14 heteroatoms. The zero-order chi connectivity index (χ0) is 29.5. The van der Waals surface area contributed by atoms with Crippen molar-refractivity contribution in [1.82, 2.24) is 19.2 Å². The minimum Gasteiger partial charge on any atom is -0.444 e. The number of carbonyl (C=O) groups is 4. The lowest BCUT2D eigenvalue weighted by Crippen LogP contribution is -2.53. The third-order valence-electron chi connectivity index (χ3n) is 6.51. The van der Waals surface area contributed by atoms with Crippen LogP contribution in [0.15, 0.2) is 12.2 Å². The Bertz CT molecular complexity index is 1040. The number of ether oxygens (including phenoxy) is 1. The van der Waals surface area contributed by atoms with Gasteiger partial charge < -0.3 is 25.8 Å². The zero-order valence-corrected chi connectivity index (χ0v) is 24.2. The molecule has 0 unspecified atom stereocenters. The van der Waals surface area contributed by atoms with Crippen molar-refractivity contribution in [3.63, 3.8) is 0 Å². The molecule has 2 rings (SSSR count). The third kappa shape index (κ3) is 10.4. The number of hydrogen-bond acceptors (Lipinski definition) is 8. The number of aliphatic hydroxyl groups is 1. The van der Waals surface area contributed by atoms with Crippen LogP contribution in [-0.2, 0) is 29.3 Å². The highest BCUT2D eigenvalue weighted by Crippen LogP contribution is 2.40. The Hall–Kier alpha value is -2.71. The number of primary amides is 1. The van der Waals surface area contributed by atoms with E-state index in [0.29, 0.717) is 19.3 Å². The first-order valence-corrected chi connectivity index (χ1v) is 14.6. The van der Waals surface area contributed by atoms with Crippen molar-refractivity contribution >= 4 is 34.0 Å². The Kier molecular flexibility index (Phi) is 11.3. The van der Waals surface area contributed by atoms with Crippen molar-refractivity contribution in [1.29, 1.82) is 0 Å². The number of rotatable bonds is 13. The maximum atomic E-state index is 13.2. The van der Waals surface area contributed by atoms with Crippen LogP contribution in [0.5, 0.6) is 0 Å². The fourth-order valence-electron chi connectivity index (χ4n) is 4.32. The minimum atomic E-state index is -3.79. The Morgan fingerprint density at radius 1 is 1.15 bits per heavy atom. The second-order valence-corrected chi connectivity index (χ2v) is 13.2. The number of allylic oxidation sites excluding steroid dienone is 2. The van der Waals surface area contributed by atoms with Gasteiger partial charge in [-0.25, -0.2) is 9.52 Å². The SMILES string of the molecule is CN(C)S(=O)(=O)NC(=O)[C@H]1C[C@H]1/C=C\CCCCC[C@H](NC(=O)OC(C)(C)C)C(=O)N1C[C@H](O)C[C@H]1C(N)=O. The Morgan fingerprint density at radius 2 is 1.82 bits per heavy atom. The smallest absolute Gasteiger partial charge is 0.408 e. The molecule has 2 fully saturated rings. The first-order valence-electron chi connectivity index (χ1n) is 13.2. The summed E-state index contributed by atoms with van der Waals surface area (Å²) in [5.74, 6) is -2.05. The molecule has 0 aromatic carbocycles. The van der Waals surface area contributed by atoms with Gasteiger partial charge in [-0.3, -0.25) is 14.4 Å². The van der Waals surface area contributed by atoms with Gasteiger partial charge in [0.25, 0.3) is 0 Å². The molecule has 2 aliphatic rings. The molecule has 13 nitrogen and oxygen atoms in total. The van der Waals surface area contributed by atoms with E-state index in [2.05, 4.69) is 10.0 Å². The molecule has 4 amide bonds. The second kappa shape index (κ2) is 13.6. The monoisotopic (exact) mass is 573 g/mol.